The molecule has 0 bridgehead atoms. The molecule has 1 fully saturated rings. The summed E-state index contributed by atoms with van der Waals surface area (Å²) < 4.78 is 5.41. The zero-order valence-corrected chi connectivity index (χ0v) is 20.6. The Hall–Kier alpha value is -4.06. The molecule has 180 valence electrons. The zero-order valence-electron chi connectivity index (χ0n) is 20.6. The molecule has 35 heavy (non-hydrogen) atoms. The molecule has 0 radical (unpaired) electrons. The molecule has 3 aromatic rings. The Balaban J connectivity index is 1.92. The molecule has 1 amide bonds. The van der Waals surface area contributed by atoms with E-state index in [9.17, 15) is 14.7 Å². The van der Waals surface area contributed by atoms with Crippen molar-refractivity contribution in [1.82, 2.24) is 0 Å². The molecule has 3 aromatic carbocycles. The third-order valence-corrected chi connectivity index (χ3v) is 6.37. The van der Waals surface area contributed by atoms with E-state index in [4.69, 9.17) is 4.74 Å². The first-order valence-corrected chi connectivity index (χ1v) is 11.6. The van der Waals surface area contributed by atoms with Gasteiger partial charge in [0.1, 0.15) is 11.5 Å². The van der Waals surface area contributed by atoms with Crippen molar-refractivity contribution in [2.75, 3.05) is 31.0 Å². The third kappa shape index (κ3) is 4.39. The average Bonchev–Trinajstić information content (AvgIpc) is 3.13. The number of ketones is 1. The minimum absolute atomic E-state index is 0.0356. The third-order valence-electron chi connectivity index (χ3n) is 6.37. The van der Waals surface area contributed by atoms with Crippen molar-refractivity contribution in [1.29, 1.82) is 0 Å². The number of hydrogen-bond donors (Lipinski definition) is 1. The van der Waals surface area contributed by atoms with Crippen molar-refractivity contribution in [3.63, 3.8) is 0 Å². The van der Waals surface area contributed by atoms with Gasteiger partial charge in [-0.2, -0.15) is 0 Å². The van der Waals surface area contributed by atoms with Gasteiger partial charge < -0.3 is 14.7 Å². The number of aliphatic hydroxyl groups is 1. The van der Waals surface area contributed by atoms with Gasteiger partial charge >= 0.3 is 0 Å². The molecule has 1 atom stereocenters. The predicted octanol–water partition coefficient (Wildman–Crippen LogP) is 5.51. The molecule has 0 saturated carbocycles. The minimum atomic E-state index is -0.786. The first-order valence-electron chi connectivity index (χ1n) is 11.6. The predicted molar refractivity (Wildman–Crippen MR) is 139 cm³/mol. The van der Waals surface area contributed by atoms with Gasteiger partial charge in [-0.3, -0.25) is 14.5 Å². The lowest BCUT2D eigenvalue weighted by Crippen LogP contribution is -2.29. The van der Waals surface area contributed by atoms with Crippen LogP contribution in [0.25, 0.3) is 5.76 Å². The van der Waals surface area contributed by atoms with E-state index in [1.807, 2.05) is 67.5 Å². The van der Waals surface area contributed by atoms with E-state index in [2.05, 4.69) is 13.8 Å². The van der Waals surface area contributed by atoms with Gasteiger partial charge in [-0.1, -0.05) is 50.2 Å². The van der Waals surface area contributed by atoms with Gasteiger partial charge in [-0.25, -0.2) is 0 Å². The lowest BCUT2D eigenvalue weighted by molar-refractivity contribution is -0.132. The second-order valence-corrected chi connectivity index (χ2v) is 9.10. The number of amides is 1. The number of hydrogen-bond acceptors (Lipinski definition) is 5. The lowest BCUT2D eigenvalue weighted by Gasteiger charge is -2.26. The molecule has 0 aromatic heterocycles. The summed E-state index contributed by atoms with van der Waals surface area (Å²) in [6.45, 7) is 4.21. The summed E-state index contributed by atoms with van der Waals surface area (Å²) in [6.07, 6.45) is 0. The highest BCUT2D eigenvalue weighted by molar-refractivity contribution is 6.51. The van der Waals surface area contributed by atoms with Gasteiger partial charge in [-0.05, 0) is 53.4 Å². The van der Waals surface area contributed by atoms with Crippen molar-refractivity contribution in [2.45, 2.75) is 25.8 Å². The van der Waals surface area contributed by atoms with Crippen LogP contribution in [0.4, 0.5) is 11.4 Å². The second-order valence-electron chi connectivity index (χ2n) is 9.10. The Labute approximate surface area is 206 Å². The van der Waals surface area contributed by atoms with Gasteiger partial charge in [0.05, 0.1) is 24.3 Å². The number of methoxy groups -OCH3 is 1. The lowest BCUT2D eigenvalue weighted by atomic mass is 9.93. The largest absolute Gasteiger partial charge is 0.507 e. The number of Topliss-reactive ketones (excluding diaryl/α,β-unsaturated/α-hetero) is 1. The van der Waals surface area contributed by atoms with E-state index in [0.717, 1.165) is 16.8 Å². The summed E-state index contributed by atoms with van der Waals surface area (Å²) in [5.74, 6) is -0.922. The van der Waals surface area contributed by atoms with Crippen LogP contribution >= 0.6 is 0 Å². The van der Waals surface area contributed by atoms with E-state index < -0.39 is 17.7 Å². The van der Waals surface area contributed by atoms with Crippen molar-refractivity contribution >= 4 is 28.8 Å². The fraction of sp³-hybridized carbons (Fsp3) is 0.241. The fourth-order valence-electron chi connectivity index (χ4n) is 4.37. The number of carbonyl (C=O) groups is 2. The van der Waals surface area contributed by atoms with Crippen LogP contribution < -0.4 is 14.5 Å². The van der Waals surface area contributed by atoms with Crippen molar-refractivity contribution in [3.8, 4) is 5.75 Å². The van der Waals surface area contributed by atoms with E-state index in [1.54, 1.807) is 24.3 Å². The number of carbonyl (C=O) groups excluding carboxylic acids is 2. The van der Waals surface area contributed by atoms with Gasteiger partial charge in [0, 0.05) is 25.5 Å². The quantitative estimate of drug-likeness (QED) is 0.292. The Kier molecular flexibility index (Phi) is 6.65. The highest BCUT2D eigenvalue weighted by atomic mass is 16.5. The molecule has 0 aliphatic carbocycles. The van der Waals surface area contributed by atoms with Crippen LogP contribution in [-0.4, -0.2) is 38.0 Å². The monoisotopic (exact) mass is 470 g/mol. The Morgan fingerprint density at radius 2 is 1.57 bits per heavy atom. The molecule has 1 heterocycles. The number of aliphatic hydroxyl groups excluding tert-OH is 1. The molecular weight excluding hydrogens is 440 g/mol. The smallest absolute Gasteiger partial charge is 0.300 e. The number of para-hydroxylation sites is 1. The molecule has 1 unspecified atom stereocenters. The van der Waals surface area contributed by atoms with Crippen LogP contribution in [0, 0.1) is 0 Å². The van der Waals surface area contributed by atoms with Crippen LogP contribution in [0.1, 0.15) is 42.5 Å². The van der Waals surface area contributed by atoms with Crippen LogP contribution in [0.15, 0.2) is 78.4 Å². The SMILES string of the molecule is COc1ccccc1/C(O)=C1/C(=O)C(=O)N(c2ccc(N(C)C)cc2)C1c1ccc(C(C)C)cc1. The maximum atomic E-state index is 13.4. The minimum Gasteiger partial charge on any atom is -0.507 e. The summed E-state index contributed by atoms with van der Waals surface area (Å²) >= 11 is 0. The van der Waals surface area contributed by atoms with E-state index in [0.29, 0.717) is 22.9 Å². The van der Waals surface area contributed by atoms with Crippen LogP contribution in [0.5, 0.6) is 5.75 Å². The molecule has 0 spiro atoms. The number of benzene rings is 3. The first-order chi connectivity index (χ1) is 16.7. The van der Waals surface area contributed by atoms with Gasteiger partial charge in [0.15, 0.2) is 0 Å². The standard InChI is InChI=1S/C29H30N2O4/c1-18(2)19-10-12-20(13-11-19)26-25(27(32)23-8-6-7-9-24(23)35-5)28(33)29(34)31(26)22-16-14-21(15-17-22)30(3)4/h6-18,26,32H,1-5H3/b27-25-. The molecule has 1 aliphatic heterocycles. The normalized spacial score (nSPS) is 17.2. The molecule has 1 N–H and O–H groups in total. The number of nitrogens with zero attached hydrogens (tertiary/aromatic N) is 2. The molecule has 1 saturated heterocycles. The zero-order chi connectivity index (χ0) is 25.3. The summed E-state index contributed by atoms with van der Waals surface area (Å²) in [5.41, 5.74) is 3.83. The molecular formula is C29H30N2O4. The Morgan fingerprint density at radius 3 is 2.14 bits per heavy atom. The highest BCUT2D eigenvalue weighted by Crippen LogP contribution is 2.43. The number of rotatable bonds is 6. The van der Waals surface area contributed by atoms with Crippen molar-refractivity contribution in [3.05, 3.63) is 95.1 Å². The molecule has 6 heteroatoms. The molecule has 4 rings (SSSR count). The maximum absolute atomic E-state index is 13.4. The van der Waals surface area contributed by atoms with Gasteiger partial charge in [-0.15, -0.1) is 0 Å². The number of anilines is 2. The Morgan fingerprint density at radius 1 is 0.943 bits per heavy atom. The summed E-state index contributed by atoms with van der Waals surface area (Å²) in [7, 11) is 5.37. The van der Waals surface area contributed by atoms with Gasteiger partial charge in [0.2, 0.25) is 0 Å². The van der Waals surface area contributed by atoms with E-state index in [-0.39, 0.29) is 11.3 Å². The van der Waals surface area contributed by atoms with Crippen LogP contribution in [-0.2, 0) is 9.59 Å². The van der Waals surface area contributed by atoms with Gasteiger partial charge in [0.25, 0.3) is 11.7 Å². The van der Waals surface area contributed by atoms with E-state index >= 15 is 0 Å². The summed E-state index contributed by atoms with van der Waals surface area (Å²) in [5, 5.41) is 11.4. The highest BCUT2D eigenvalue weighted by Gasteiger charge is 2.47. The fourth-order valence-corrected chi connectivity index (χ4v) is 4.37. The van der Waals surface area contributed by atoms with Crippen molar-refractivity contribution in [2.24, 2.45) is 0 Å². The van der Waals surface area contributed by atoms with Crippen molar-refractivity contribution < 1.29 is 19.4 Å². The molecule has 1 aliphatic rings. The summed E-state index contributed by atoms with van der Waals surface area (Å²) in [4.78, 5) is 30.2. The second kappa shape index (κ2) is 9.66. The average molecular weight is 471 g/mol. The maximum Gasteiger partial charge on any atom is 0.300 e. The van der Waals surface area contributed by atoms with Crippen LogP contribution in [0.2, 0.25) is 0 Å². The van der Waals surface area contributed by atoms with Crippen LogP contribution in [0.3, 0.4) is 0 Å². The number of ether oxygens (including phenoxy) is 1. The molecule has 6 nitrogen and oxygen atoms in total. The summed E-state index contributed by atoms with van der Waals surface area (Å²) in [6, 6.07) is 21.4. The Bertz CT molecular complexity index is 1270. The first kappa shape index (κ1) is 24.1. The topological polar surface area (TPSA) is 70.1 Å². The van der Waals surface area contributed by atoms with E-state index in [1.165, 1.54) is 12.0 Å².